The first-order valence-electron chi connectivity index (χ1n) is 6.74. The second-order valence-corrected chi connectivity index (χ2v) is 5.34. The van der Waals surface area contributed by atoms with Crippen LogP contribution in [0.15, 0.2) is 18.5 Å². The molecule has 0 aromatic carbocycles. The molecule has 1 aliphatic rings. The summed E-state index contributed by atoms with van der Waals surface area (Å²) in [6.45, 7) is 3.99. The molecule has 19 heavy (non-hydrogen) atoms. The van der Waals surface area contributed by atoms with Crippen LogP contribution in [0.2, 0.25) is 0 Å². The maximum Gasteiger partial charge on any atom is 0.138 e. The van der Waals surface area contributed by atoms with Gasteiger partial charge in [-0.25, -0.2) is 0 Å². The van der Waals surface area contributed by atoms with E-state index in [1.54, 1.807) is 13.3 Å². The molecule has 5 nitrogen and oxygen atoms in total. The minimum atomic E-state index is -0.215. The Morgan fingerprint density at radius 2 is 2.11 bits per heavy atom. The molecule has 1 aromatic rings. The number of hydrogen-bond donors (Lipinski definition) is 2. The zero-order chi connectivity index (χ0) is 13.9. The summed E-state index contributed by atoms with van der Waals surface area (Å²) in [7, 11) is 1.74. The standard InChI is InChI=1S/C14H23N3O2/c1-10(2)19-12-7-11(8-16-9-12)13(17-15)14(18-3)5-4-6-14/h7-10,13,17H,4-6,15H2,1-3H3. The van der Waals surface area contributed by atoms with Gasteiger partial charge in [-0.3, -0.25) is 16.3 Å². The second kappa shape index (κ2) is 5.86. The van der Waals surface area contributed by atoms with Gasteiger partial charge in [0, 0.05) is 13.3 Å². The van der Waals surface area contributed by atoms with Crippen molar-refractivity contribution in [3.63, 3.8) is 0 Å². The summed E-state index contributed by atoms with van der Waals surface area (Å²) < 4.78 is 11.4. The molecule has 106 valence electrons. The van der Waals surface area contributed by atoms with Crippen molar-refractivity contribution in [1.29, 1.82) is 0 Å². The molecule has 0 aliphatic heterocycles. The van der Waals surface area contributed by atoms with E-state index < -0.39 is 0 Å². The molecule has 3 N–H and O–H groups in total. The number of ether oxygens (including phenoxy) is 2. The lowest BCUT2D eigenvalue weighted by Crippen LogP contribution is -2.52. The lowest BCUT2D eigenvalue weighted by Gasteiger charge is -2.46. The minimum Gasteiger partial charge on any atom is -0.489 e. The minimum absolute atomic E-state index is 0.0607. The average Bonchev–Trinajstić information content (AvgIpc) is 2.33. The van der Waals surface area contributed by atoms with Gasteiger partial charge in [0.25, 0.3) is 0 Å². The van der Waals surface area contributed by atoms with Crippen LogP contribution in [0.1, 0.15) is 44.7 Å². The predicted octanol–water partition coefficient (Wildman–Crippen LogP) is 1.94. The molecule has 1 atom stereocenters. The van der Waals surface area contributed by atoms with E-state index in [1.807, 2.05) is 26.1 Å². The van der Waals surface area contributed by atoms with E-state index in [1.165, 1.54) is 6.42 Å². The Morgan fingerprint density at radius 1 is 1.37 bits per heavy atom. The van der Waals surface area contributed by atoms with Gasteiger partial charge in [0.2, 0.25) is 0 Å². The van der Waals surface area contributed by atoms with Crippen LogP contribution in [-0.2, 0) is 4.74 Å². The summed E-state index contributed by atoms with van der Waals surface area (Å²) in [5, 5.41) is 0. The molecule has 1 heterocycles. The highest BCUT2D eigenvalue weighted by atomic mass is 16.5. The third-order valence-corrected chi connectivity index (χ3v) is 3.74. The van der Waals surface area contributed by atoms with Crippen molar-refractivity contribution in [2.24, 2.45) is 5.84 Å². The SMILES string of the molecule is COC1(C(NN)c2cncc(OC(C)C)c2)CCC1. The predicted molar refractivity (Wildman–Crippen MR) is 73.7 cm³/mol. The molecule has 5 heteroatoms. The third kappa shape index (κ3) is 2.88. The van der Waals surface area contributed by atoms with Gasteiger partial charge in [-0.15, -0.1) is 0 Å². The molecule has 0 radical (unpaired) electrons. The summed E-state index contributed by atoms with van der Waals surface area (Å²) in [4.78, 5) is 4.24. The molecule has 0 amide bonds. The lowest BCUT2D eigenvalue weighted by molar-refractivity contribution is -0.1000. The molecule has 1 fully saturated rings. The van der Waals surface area contributed by atoms with Gasteiger partial charge in [0.05, 0.1) is 23.9 Å². The highest BCUT2D eigenvalue weighted by molar-refractivity contribution is 5.29. The van der Waals surface area contributed by atoms with Crippen molar-refractivity contribution >= 4 is 0 Å². The summed E-state index contributed by atoms with van der Waals surface area (Å²) in [6, 6.07) is 1.92. The van der Waals surface area contributed by atoms with E-state index in [0.29, 0.717) is 0 Å². The Labute approximate surface area is 114 Å². The van der Waals surface area contributed by atoms with Crippen LogP contribution >= 0.6 is 0 Å². The molecule has 1 saturated carbocycles. The first-order valence-corrected chi connectivity index (χ1v) is 6.74. The van der Waals surface area contributed by atoms with E-state index in [4.69, 9.17) is 15.3 Å². The highest BCUT2D eigenvalue weighted by Gasteiger charge is 2.45. The maximum absolute atomic E-state index is 5.73. The van der Waals surface area contributed by atoms with Gasteiger partial charge in [-0.2, -0.15) is 0 Å². The van der Waals surface area contributed by atoms with Crippen molar-refractivity contribution in [1.82, 2.24) is 10.4 Å². The van der Waals surface area contributed by atoms with Crippen molar-refractivity contribution in [2.75, 3.05) is 7.11 Å². The number of rotatable bonds is 6. The molecular weight excluding hydrogens is 242 g/mol. The van der Waals surface area contributed by atoms with E-state index >= 15 is 0 Å². The topological polar surface area (TPSA) is 69.4 Å². The number of hydrogen-bond acceptors (Lipinski definition) is 5. The zero-order valence-electron chi connectivity index (χ0n) is 11.8. The van der Waals surface area contributed by atoms with Crippen LogP contribution < -0.4 is 16.0 Å². The van der Waals surface area contributed by atoms with Gasteiger partial charge in [0.15, 0.2) is 0 Å². The summed E-state index contributed by atoms with van der Waals surface area (Å²) in [5.74, 6) is 6.49. The van der Waals surface area contributed by atoms with E-state index in [-0.39, 0.29) is 17.7 Å². The number of aromatic nitrogens is 1. The Bertz CT molecular complexity index is 413. The van der Waals surface area contributed by atoms with Crippen molar-refractivity contribution in [3.8, 4) is 5.75 Å². The van der Waals surface area contributed by atoms with Gasteiger partial charge < -0.3 is 9.47 Å². The molecular formula is C14H23N3O2. The first-order chi connectivity index (χ1) is 9.11. The smallest absolute Gasteiger partial charge is 0.138 e. The van der Waals surface area contributed by atoms with E-state index in [9.17, 15) is 0 Å². The Morgan fingerprint density at radius 3 is 2.58 bits per heavy atom. The monoisotopic (exact) mass is 265 g/mol. The molecule has 0 spiro atoms. The lowest BCUT2D eigenvalue weighted by atomic mass is 9.72. The molecule has 1 unspecified atom stereocenters. The summed E-state index contributed by atoms with van der Waals surface area (Å²) in [6.07, 6.45) is 6.85. The third-order valence-electron chi connectivity index (χ3n) is 3.74. The van der Waals surface area contributed by atoms with E-state index in [0.717, 1.165) is 24.2 Å². The fourth-order valence-corrected chi connectivity index (χ4v) is 2.62. The molecule has 0 saturated heterocycles. The van der Waals surface area contributed by atoms with Gasteiger partial charge in [-0.05, 0) is 44.7 Å². The number of pyridine rings is 1. The molecule has 1 aromatic heterocycles. The largest absolute Gasteiger partial charge is 0.489 e. The van der Waals surface area contributed by atoms with Crippen molar-refractivity contribution in [3.05, 3.63) is 24.0 Å². The summed E-state index contributed by atoms with van der Waals surface area (Å²) in [5.41, 5.74) is 3.66. The number of nitrogens with zero attached hydrogens (tertiary/aromatic N) is 1. The molecule has 0 bridgehead atoms. The fraction of sp³-hybridized carbons (Fsp3) is 0.643. The Hall–Kier alpha value is -1.17. The maximum atomic E-state index is 5.73. The van der Waals surface area contributed by atoms with Gasteiger partial charge >= 0.3 is 0 Å². The first kappa shape index (κ1) is 14.2. The second-order valence-electron chi connectivity index (χ2n) is 5.34. The number of methoxy groups -OCH3 is 1. The Balaban J connectivity index is 2.23. The highest BCUT2D eigenvalue weighted by Crippen LogP contribution is 2.44. The van der Waals surface area contributed by atoms with Crippen LogP contribution in [0.25, 0.3) is 0 Å². The number of nitrogens with two attached hydrogens (primary N) is 1. The van der Waals surface area contributed by atoms with Crippen LogP contribution in [-0.4, -0.2) is 23.8 Å². The van der Waals surface area contributed by atoms with Crippen LogP contribution in [0.5, 0.6) is 5.75 Å². The van der Waals surface area contributed by atoms with E-state index in [2.05, 4.69) is 10.4 Å². The average molecular weight is 265 g/mol. The summed E-state index contributed by atoms with van der Waals surface area (Å²) >= 11 is 0. The molecule has 2 rings (SSSR count). The normalized spacial score (nSPS) is 19.0. The molecule has 1 aliphatic carbocycles. The van der Waals surface area contributed by atoms with Crippen molar-refractivity contribution < 1.29 is 9.47 Å². The van der Waals surface area contributed by atoms with Gasteiger partial charge in [0.1, 0.15) is 5.75 Å². The number of hydrazine groups is 1. The zero-order valence-corrected chi connectivity index (χ0v) is 11.8. The van der Waals surface area contributed by atoms with Crippen LogP contribution in [0.4, 0.5) is 0 Å². The van der Waals surface area contributed by atoms with Crippen molar-refractivity contribution in [2.45, 2.75) is 50.9 Å². The Kier molecular flexibility index (Phi) is 4.39. The fourth-order valence-electron chi connectivity index (χ4n) is 2.62. The van der Waals surface area contributed by atoms with Crippen LogP contribution in [0, 0.1) is 0 Å². The van der Waals surface area contributed by atoms with Gasteiger partial charge in [-0.1, -0.05) is 0 Å². The van der Waals surface area contributed by atoms with Crippen LogP contribution in [0.3, 0.4) is 0 Å². The quantitative estimate of drug-likeness (QED) is 0.607. The number of nitrogens with one attached hydrogen (secondary N) is 1.